The Kier molecular flexibility index (Phi) is 5.83. The minimum atomic E-state index is -0.222. The van der Waals surface area contributed by atoms with Crippen LogP contribution in [0.25, 0.3) is 10.9 Å². The number of hydrogen-bond acceptors (Lipinski definition) is 5. The molecule has 0 radical (unpaired) electrons. The second-order valence-electron chi connectivity index (χ2n) is 8.36. The molecule has 1 saturated heterocycles. The molecule has 1 aliphatic heterocycles. The summed E-state index contributed by atoms with van der Waals surface area (Å²) in [4.78, 5) is 26.0. The van der Waals surface area contributed by atoms with Crippen LogP contribution in [0.2, 0.25) is 5.02 Å². The van der Waals surface area contributed by atoms with Crippen molar-refractivity contribution < 1.29 is 9.18 Å². The SMILES string of the molecule is O=C(CCNc1nc(C2CC2)nc2cc(Cl)ccc12)N1CCN(c2ccccc2F)CC1. The fourth-order valence-corrected chi connectivity index (χ4v) is 4.30. The zero-order valence-electron chi connectivity index (χ0n) is 17.7. The summed E-state index contributed by atoms with van der Waals surface area (Å²) in [5.74, 6) is 1.89. The van der Waals surface area contributed by atoms with E-state index in [1.165, 1.54) is 6.07 Å². The van der Waals surface area contributed by atoms with E-state index >= 15 is 0 Å². The highest BCUT2D eigenvalue weighted by atomic mass is 35.5. The van der Waals surface area contributed by atoms with E-state index in [-0.39, 0.29) is 11.7 Å². The quantitative estimate of drug-likeness (QED) is 0.597. The van der Waals surface area contributed by atoms with Gasteiger partial charge < -0.3 is 15.1 Å². The van der Waals surface area contributed by atoms with Crippen molar-refractivity contribution in [3.8, 4) is 0 Å². The van der Waals surface area contributed by atoms with Gasteiger partial charge in [-0.2, -0.15) is 0 Å². The molecule has 32 heavy (non-hydrogen) atoms. The molecule has 0 bridgehead atoms. The number of nitrogens with one attached hydrogen (secondary N) is 1. The number of anilines is 2. The summed E-state index contributed by atoms with van der Waals surface area (Å²) in [6.07, 6.45) is 2.60. The molecular formula is C24H25ClFN5O. The van der Waals surface area contributed by atoms with Crippen molar-refractivity contribution in [1.82, 2.24) is 14.9 Å². The van der Waals surface area contributed by atoms with Crippen LogP contribution in [0.1, 0.15) is 31.0 Å². The maximum Gasteiger partial charge on any atom is 0.224 e. The van der Waals surface area contributed by atoms with Gasteiger partial charge in [-0.15, -0.1) is 0 Å². The minimum absolute atomic E-state index is 0.0921. The van der Waals surface area contributed by atoms with Crippen LogP contribution < -0.4 is 10.2 Å². The number of amides is 1. The number of rotatable bonds is 6. The molecule has 0 atom stereocenters. The van der Waals surface area contributed by atoms with Crippen molar-refractivity contribution in [2.45, 2.75) is 25.2 Å². The summed E-state index contributed by atoms with van der Waals surface area (Å²) >= 11 is 6.15. The molecule has 3 aromatic rings. The predicted molar refractivity (Wildman–Crippen MR) is 125 cm³/mol. The number of piperazine rings is 1. The maximum absolute atomic E-state index is 14.0. The highest BCUT2D eigenvalue weighted by molar-refractivity contribution is 6.31. The van der Waals surface area contributed by atoms with Gasteiger partial charge in [-0.05, 0) is 43.2 Å². The van der Waals surface area contributed by atoms with Gasteiger partial charge in [0.15, 0.2) is 0 Å². The van der Waals surface area contributed by atoms with Crippen LogP contribution in [-0.2, 0) is 4.79 Å². The third kappa shape index (κ3) is 4.48. The molecule has 1 saturated carbocycles. The first kappa shape index (κ1) is 20.9. The Hall–Kier alpha value is -2.93. The zero-order valence-corrected chi connectivity index (χ0v) is 18.5. The van der Waals surface area contributed by atoms with Gasteiger partial charge in [-0.1, -0.05) is 23.7 Å². The number of halogens is 2. The van der Waals surface area contributed by atoms with E-state index < -0.39 is 0 Å². The number of benzene rings is 2. The highest BCUT2D eigenvalue weighted by Crippen LogP contribution is 2.39. The normalized spacial score (nSPS) is 16.4. The molecule has 1 aliphatic carbocycles. The number of para-hydroxylation sites is 1. The van der Waals surface area contributed by atoms with E-state index in [1.807, 2.05) is 34.1 Å². The maximum atomic E-state index is 14.0. The summed E-state index contributed by atoms with van der Waals surface area (Å²) in [7, 11) is 0. The molecule has 0 spiro atoms. The lowest BCUT2D eigenvalue weighted by Gasteiger charge is -2.36. The van der Waals surface area contributed by atoms with E-state index in [2.05, 4.69) is 10.3 Å². The number of aromatic nitrogens is 2. The average Bonchev–Trinajstić information content (AvgIpc) is 3.64. The van der Waals surface area contributed by atoms with Gasteiger partial charge in [-0.3, -0.25) is 4.79 Å². The molecular weight excluding hydrogens is 429 g/mol. The van der Waals surface area contributed by atoms with E-state index in [1.54, 1.807) is 12.1 Å². The smallest absolute Gasteiger partial charge is 0.224 e. The van der Waals surface area contributed by atoms with E-state index in [4.69, 9.17) is 16.6 Å². The van der Waals surface area contributed by atoms with Crippen LogP contribution in [0.3, 0.4) is 0 Å². The number of nitrogens with zero attached hydrogens (tertiary/aromatic N) is 4. The fraction of sp³-hybridized carbons (Fsp3) is 0.375. The third-order valence-corrected chi connectivity index (χ3v) is 6.31. The van der Waals surface area contributed by atoms with Crippen LogP contribution in [-0.4, -0.2) is 53.5 Å². The second kappa shape index (κ2) is 8.90. The molecule has 6 nitrogen and oxygen atoms in total. The van der Waals surface area contributed by atoms with Crippen molar-refractivity contribution in [3.63, 3.8) is 0 Å². The molecule has 2 heterocycles. The summed E-state index contributed by atoms with van der Waals surface area (Å²) in [6, 6.07) is 12.4. The van der Waals surface area contributed by atoms with Crippen LogP contribution >= 0.6 is 11.6 Å². The lowest BCUT2D eigenvalue weighted by atomic mass is 10.2. The topological polar surface area (TPSA) is 61.4 Å². The summed E-state index contributed by atoms with van der Waals surface area (Å²) < 4.78 is 14.0. The molecule has 1 N–H and O–H groups in total. The van der Waals surface area contributed by atoms with Crippen molar-refractivity contribution in [3.05, 3.63) is 59.1 Å². The Morgan fingerprint density at radius 3 is 2.62 bits per heavy atom. The molecule has 5 rings (SSSR count). The van der Waals surface area contributed by atoms with Gasteiger partial charge in [0.2, 0.25) is 5.91 Å². The molecule has 1 aromatic heterocycles. The van der Waals surface area contributed by atoms with E-state index in [0.717, 1.165) is 35.4 Å². The van der Waals surface area contributed by atoms with Crippen molar-refractivity contribution in [2.24, 2.45) is 0 Å². The first-order valence-corrected chi connectivity index (χ1v) is 11.4. The number of carbonyl (C=O) groups is 1. The Morgan fingerprint density at radius 1 is 1.09 bits per heavy atom. The number of carbonyl (C=O) groups excluding carboxylic acids is 1. The molecule has 1 amide bonds. The molecule has 2 aromatic carbocycles. The Morgan fingerprint density at radius 2 is 1.88 bits per heavy atom. The van der Waals surface area contributed by atoms with Crippen molar-refractivity contribution in [1.29, 1.82) is 0 Å². The molecule has 8 heteroatoms. The minimum Gasteiger partial charge on any atom is -0.369 e. The van der Waals surface area contributed by atoms with Crippen molar-refractivity contribution >= 4 is 39.9 Å². The molecule has 166 valence electrons. The zero-order chi connectivity index (χ0) is 22.1. The van der Waals surface area contributed by atoms with Gasteiger partial charge in [-0.25, -0.2) is 14.4 Å². The summed E-state index contributed by atoms with van der Waals surface area (Å²) in [5.41, 5.74) is 1.43. The van der Waals surface area contributed by atoms with Crippen LogP contribution in [0.5, 0.6) is 0 Å². The molecule has 0 unspecified atom stereocenters. The first-order valence-electron chi connectivity index (χ1n) is 11.1. The second-order valence-corrected chi connectivity index (χ2v) is 8.80. The number of fused-ring (bicyclic) bond motifs is 1. The Bertz CT molecular complexity index is 1140. The average molecular weight is 454 g/mol. The van der Waals surface area contributed by atoms with Crippen LogP contribution in [0, 0.1) is 5.82 Å². The number of hydrogen-bond donors (Lipinski definition) is 1. The summed E-state index contributed by atoms with van der Waals surface area (Å²) in [5, 5.41) is 4.89. The van der Waals surface area contributed by atoms with Gasteiger partial charge in [0, 0.05) is 55.5 Å². The lowest BCUT2D eigenvalue weighted by Crippen LogP contribution is -2.49. The largest absolute Gasteiger partial charge is 0.369 e. The van der Waals surface area contributed by atoms with E-state index in [0.29, 0.717) is 55.8 Å². The first-order chi connectivity index (χ1) is 15.6. The van der Waals surface area contributed by atoms with Gasteiger partial charge in [0.05, 0.1) is 11.2 Å². The van der Waals surface area contributed by atoms with Crippen LogP contribution in [0.15, 0.2) is 42.5 Å². The monoisotopic (exact) mass is 453 g/mol. The van der Waals surface area contributed by atoms with Crippen molar-refractivity contribution in [2.75, 3.05) is 42.9 Å². The Labute approximate surface area is 191 Å². The fourth-order valence-electron chi connectivity index (χ4n) is 4.13. The Balaban J connectivity index is 1.19. The van der Waals surface area contributed by atoms with E-state index in [9.17, 15) is 9.18 Å². The lowest BCUT2D eigenvalue weighted by molar-refractivity contribution is -0.131. The third-order valence-electron chi connectivity index (χ3n) is 6.08. The standard InChI is InChI=1S/C24H25ClFN5O/c25-17-7-8-18-20(15-17)28-23(16-5-6-16)29-24(18)27-10-9-22(32)31-13-11-30(12-14-31)21-4-2-1-3-19(21)26/h1-4,7-8,15-16H,5-6,9-14H2,(H,27,28,29). The van der Waals surface area contributed by atoms with Gasteiger partial charge in [0.25, 0.3) is 0 Å². The highest BCUT2D eigenvalue weighted by Gasteiger charge is 2.28. The molecule has 2 fully saturated rings. The van der Waals surface area contributed by atoms with Gasteiger partial charge in [0.1, 0.15) is 17.5 Å². The predicted octanol–water partition coefficient (Wildman–Crippen LogP) is 4.45. The van der Waals surface area contributed by atoms with Gasteiger partial charge >= 0.3 is 0 Å². The summed E-state index contributed by atoms with van der Waals surface area (Å²) in [6.45, 7) is 2.93. The van der Waals surface area contributed by atoms with Crippen LogP contribution in [0.4, 0.5) is 15.9 Å². The molecule has 2 aliphatic rings.